The minimum Gasteiger partial charge on any atom is -0.394 e. The Bertz CT molecular complexity index is 332. The Kier molecular flexibility index (Phi) is 3.23. The molecule has 0 atom stereocenters. The molecule has 4 nitrogen and oxygen atoms in total. The second kappa shape index (κ2) is 4.06. The molecule has 0 spiro atoms. The molecule has 78 valence electrons. The third-order valence-electron chi connectivity index (χ3n) is 1.57. The van der Waals surface area contributed by atoms with Crippen LogP contribution in [0.2, 0.25) is 5.28 Å². The number of anilines is 1. The molecule has 1 aromatic heterocycles. The van der Waals surface area contributed by atoms with Crippen LogP contribution in [0.3, 0.4) is 0 Å². The summed E-state index contributed by atoms with van der Waals surface area (Å²) in [5, 5.41) is 11.6. The Labute approximate surface area is 86.1 Å². The van der Waals surface area contributed by atoms with Crippen molar-refractivity contribution in [1.29, 1.82) is 0 Å². The Morgan fingerprint density at radius 3 is 2.86 bits per heavy atom. The van der Waals surface area contributed by atoms with E-state index < -0.39 is 11.4 Å². The van der Waals surface area contributed by atoms with Crippen LogP contribution in [0.4, 0.5) is 10.2 Å². The van der Waals surface area contributed by atoms with Crippen LogP contribution >= 0.6 is 11.6 Å². The van der Waals surface area contributed by atoms with Gasteiger partial charge in [0.25, 0.3) is 0 Å². The molecule has 1 rings (SSSR count). The van der Waals surface area contributed by atoms with Crippen molar-refractivity contribution in [3.8, 4) is 0 Å². The van der Waals surface area contributed by atoms with Crippen LogP contribution in [0.25, 0.3) is 0 Å². The maximum absolute atomic E-state index is 13.1. The lowest BCUT2D eigenvalue weighted by Gasteiger charge is -2.24. The van der Waals surface area contributed by atoms with Crippen molar-refractivity contribution in [3.05, 3.63) is 17.3 Å². The van der Waals surface area contributed by atoms with Crippen molar-refractivity contribution in [2.75, 3.05) is 11.9 Å². The number of nitrogens with zero attached hydrogens (tertiary/aromatic N) is 2. The highest BCUT2D eigenvalue weighted by atomic mass is 35.5. The molecule has 2 N–H and O–H groups in total. The van der Waals surface area contributed by atoms with E-state index in [2.05, 4.69) is 15.3 Å². The third kappa shape index (κ3) is 2.78. The van der Waals surface area contributed by atoms with Gasteiger partial charge in [-0.1, -0.05) is 0 Å². The topological polar surface area (TPSA) is 58.0 Å². The first kappa shape index (κ1) is 11.1. The SMILES string of the molecule is CC(C)(CO)Nc1nc(Cl)ncc1F. The maximum atomic E-state index is 13.1. The highest BCUT2D eigenvalue weighted by molar-refractivity contribution is 6.28. The molecule has 0 aromatic carbocycles. The van der Waals surface area contributed by atoms with Crippen LogP contribution in [-0.4, -0.2) is 27.2 Å². The maximum Gasteiger partial charge on any atom is 0.224 e. The van der Waals surface area contributed by atoms with Crippen molar-refractivity contribution in [2.24, 2.45) is 0 Å². The zero-order chi connectivity index (χ0) is 10.8. The van der Waals surface area contributed by atoms with E-state index in [0.29, 0.717) is 0 Å². The summed E-state index contributed by atoms with van der Waals surface area (Å²) in [6.07, 6.45) is 0.977. The third-order valence-corrected chi connectivity index (χ3v) is 1.75. The molecule has 1 heterocycles. The van der Waals surface area contributed by atoms with Gasteiger partial charge in [0.05, 0.1) is 18.3 Å². The van der Waals surface area contributed by atoms with Gasteiger partial charge >= 0.3 is 0 Å². The molecule has 0 unspecified atom stereocenters. The number of rotatable bonds is 3. The van der Waals surface area contributed by atoms with E-state index in [0.717, 1.165) is 6.20 Å². The summed E-state index contributed by atoms with van der Waals surface area (Å²) in [6.45, 7) is 3.28. The molecule has 0 fully saturated rings. The lowest BCUT2D eigenvalue weighted by atomic mass is 10.1. The Morgan fingerprint density at radius 2 is 2.29 bits per heavy atom. The molecule has 0 aliphatic carbocycles. The van der Waals surface area contributed by atoms with Crippen molar-refractivity contribution in [3.63, 3.8) is 0 Å². The zero-order valence-electron chi connectivity index (χ0n) is 7.88. The van der Waals surface area contributed by atoms with E-state index in [1.807, 2.05) is 0 Å². The molecular formula is C8H11ClFN3O. The normalized spacial score (nSPS) is 11.5. The molecule has 0 aliphatic heterocycles. The second-order valence-corrected chi connectivity index (χ2v) is 3.84. The van der Waals surface area contributed by atoms with Gasteiger partial charge in [0, 0.05) is 0 Å². The average Bonchev–Trinajstić information content (AvgIpc) is 2.11. The fourth-order valence-electron chi connectivity index (χ4n) is 0.793. The molecule has 0 amide bonds. The van der Waals surface area contributed by atoms with Crippen LogP contribution < -0.4 is 5.32 Å². The molecule has 6 heteroatoms. The molecule has 1 aromatic rings. The highest BCUT2D eigenvalue weighted by Crippen LogP contribution is 2.16. The van der Waals surface area contributed by atoms with E-state index in [9.17, 15) is 4.39 Å². The van der Waals surface area contributed by atoms with Gasteiger partial charge in [-0.05, 0) is 25.4 Å². The minimum atomic E-state index is -0.654. The van der Waals surface area contributed by atoms with Gasteiger partial charge in [-0.15, -0.1) is 0 Å². The quantitative estimate of drug-likeness (QED) is 0.756. The van der Waals surface area contributed by atoms with Gasteiger partial charge in [0.2, 0.25) is 5.28 Å². The smallest absolute Gasteiger partial charge is 0.224 e. The van der Waals surface area contributed by atoms with Gasteiger partial charge < -0.3 is 10.4 Å². The lowest BCUT2D eigenvalue weighted by Crippen LogP contribution is -2.35. The number of nitrogens with one attached hydrogen (secondary N) is 1. The number of aliphatic hydroxyl groups is 1. The number of hydrogen-bond acceptors (Lipinski definition) is 4. The molecule has 0 saturated heterocycles. The first-order chi connectivity index (χ1) is 6.44. The Balaban J connectivity index is 2.91. The average molecular weight is 220 g/mol. The summed E-state index contributed by atoms with van der Waals surface area (Å²) in [6, 6.07) is 0. The van der Waals surface area contributed by atoms with Gasteiger partial charge in [-0.25, -0.2) is 9.37 Å². The van der Waals surface area contributed by atoms with Gasteiger partial charge in [-0.2, -0.15) is 4.98 Å². The number of aromatic nitrogens is 2. The monoisotopic (exact) mass is 219 g/mol. The largest absolute Gasteiger partial charge is 0.394 e. The Morgan fingerprint density at radius 1 is 1.64 bits per heavy atom. The van der Waals surface area contributed by atoms with Crippen LogP contribution in [-0.2, 0) is 0 Å². The predicted molar refractivity (Wildman–Crippen MR) is 51.8 cm³/mol. The lowest BCUT2D eigenvalue weighted by molar-refractivity contribution is 0.233. The van der Waals surface area contributed by atoms with E-state index in [1.54, 1.807) is 13.8 Å². The molecule has 0 aliphatic rings. The van der Waals surface area contributed by atoms with Crippen LogP contribution in [0.15, 0.2) is 6.20 Å². The summed E-state index contributed by atoms with van der Waals surface area (Å²) in [4.78, 5) is 7.13. The fraction of sp³-hybridized carbons (Fsp3) is 0.500. The fourth-order valence-corrected chi connectivity index (χ4v) is 0.927. The molecule has 0 radical (unpaired) electrons. The van der Waals surface area contributed by atoms with Crippen molar-refractivity contribution in [2.45, 2.75) is 19.4 Å². The van der Waals surface area contributed by atoms with Crippen LogP contribution in [0, 0.1) is 5.82 Å². The van der Waals surface area contributed by atoms with Gasteiger partial charge in [-0.3, -0.25) is 0 Å². The molecule has 14 heavy (non-hydrogen) atoms. The first-order valence-corrected chi connectivity index (χ1v) is 4.39. The molecule has 0 saturated carbocycles. The minimum absolute atomic E-state index is 0.0101. The molecular weight excluding hydrogens is 209 g/mol. The van der Waals surface area contributed by atoms with E-state index in [1.165, 1.54) is 0 Å². The van der Waals surface area contributed by atoms with Crippen molar-refractivity contribution >= 4 is 17.4 Å². The second-order valence-electron chi connectivity index (χ2n) is 3.50. The van der Waals surface area contributed by atoms with Crippen LogP contribution in [0.1, 0.15) is 13.8 Å². The summed E-state index contributed by atoms with van der Waals surface area (Å²) in [5.74, 6) is -0.611. The Hall–Kier alpha value is -0.940. The van der Waals surface area contributed by atoms with Crippen molar-refractivity contribution in [1.82, 2.24) is 9.97 Å². The van der Waals surface area contributed by atoms with Crippen LogP contribution in [0.5, 0.6) is 0 Å². The predicted octanol–water partition coefficient (Wildman–Crippen LogP) is 1.45. The molecule has 0 bridgehead atoms. The summed E-state index contributed by atoms with van der Waals surface area (Å²) >= 11 is 5.50. The zero-order valence-corrected chi connectivity index (χ0v) is 8.64. The van der Waals surface area contributed by atoms with E-state index in [-0.39, 0.29) is 17.7 Å². The van der Waals surface area contributed by atoms with Crippen molar-refractivity contribution < 1.29 is 9.50 Å². The number of hydrogen-bond donors (Lipinski definition) is 2. The highest BCUT2D eigenvalue weighted by Gasteiger charge is 2.18. The van der Waals surface area contributed by atoms with Gasteiger partial charge in [0.15, 0.2) is 11.6 Å². The van der Waals surface area contributed by atoms with E-state index >= 15 is 0 Å². The standard InChI is InChI=1S/C8H11ClFN3O/c1-8(2,4-14)13-6-5(10)3-11-7(9)12-6/h3,14H,4H2,1-2H3,(H,11,12,13). The first-order valence-electron chi connectivity index (χ1n) is 4.02. The van der Waals surface area contributed by atoms with E-state index in [4.69, 9.17) is 16.7 Å². The van der Waals surface area contributed by atoms with Gasteiger partial charge in [0.1, 0.15) is 0 Å². The summed E-state index contributed by atoms with van der Waals surface area (Å²) in [5.41, 5.74) is -0.654. The number of aliphatic hydroxyl groups excluding tert-OH is 1. The summed E-state index contributed by atoms with van der Waals surface area (Å²) < 4.78 is 13.1. The number of halogens is 2. The summed E-state index contributed by atoms with van der Waals surface area (Å²) in [7, 11) is 0.